The van der Waals surface area contributed by atoms with Crippen LogP contribution >= 0.6 is 15.9 Å². The average molecular weight is 356 g/mol. The normalized spacial score (nSPS) is 12.9. The Balaban J connectivity index is 1.75. The third kappa shape index (κ3) is 5.11. The molecule has 4 nitrogen and oxygen atoms in total. The topological polar surface area (TPSA) is 43.6 Å². The SMILES string of the molecule is COCCOCCCNC(C)c1cc2cc(Br)ccc2o1. The summed E-state index contributed by atoms with van der Waals surface area (Å²) in [6.07, 6.45) is 0.972. The molecule has 0 saturated carbocycles. The molecule has 2 aromatic rings. The molecule has 1 atom stereocenters. The summed E-state index contributed by atoms with van der Waals surface area (Å²) in [5.41, 5.74) is 0.921. The molecular weight excluding hydrogens is 334 g/mol. The van der Waals surface area contributed by atoms with Crippen LogP contribution in [0.3, 0.4) is 0 Å². The minimum absolute atomic E-state index is 0.190. The summed E-state index contributed by atoms with van der Waals surface area (Å²) in [4.78, 5) is 0. The summed E-state index contributed by atoms with van der Waals surface area (Å²) < 4.78 is 17.3. The van der Waals surface area contributed by atoms with Crippen molar-refractivity contribution in [2.45, 2.75) is 19.4 Å². The first-order valence-electron chi connectivity index (χ1n) is 7.20. The lowest BCUT2D eigenvalue weighted by Gasteiger charge is -2.11. The molecule has 0 aliphatic carbocycles. The number of halogens is 1. The van der Waals surface area contributed by atoms with Gasteiger partial charge in [-0.3, -0.25) is 0 Å². The van der Waals surface area contributed by atoms with Gasteiger partial charge < -0.3 is 19.2 Å². The molecule has 1 heterocycles. The summed E-state index contributed by atoms with van der Waals surface area (Å²) in [5, 5.41) is 4.57. The number of furan rings is 1. The number of hydrogen-bond donors (Lipinski definition) is 1. The Morgan fingerprint density at radius 3 is 2.90 bits per heavy atom. The highest BCUT2D eigenvalue weighted by molar-refractivity contribution is 9.10. The van der Waals surface area contributed by atoms with Gasteiger partial charge in [-0.1, -0.05) is 15.9 Å². The number of benzene rings is 1. The molecule has 116 valence electrons. The fraction of sp³-hybridized carbons (Fsp3) is 0.500. The van der Waals surface area contributed by atoms with Crippen molar-refractivity contribution in [2.75, 3.05) is 33.5 Å². The molecule has 1 aromatic carbocycles. The summed E-state index contributed by atoms with van der Waals surface area (Å²) in [5.74, 6) is 0.961. The van der Waals surface area contributed by atoms with Crippen molar-refractivity contribution in [2.24, 2.45) is 0 Å². The van der Waals surface area contributed by atoms with Crippen molar-refractivity contribution in [1.82, 2.24) is 5.32 Å². The second-order valence-corrected chi connectivity index (χ2v) is 5.88. The van der Waals surface area contributed by atoms with Crippen LogP contribution in [0.1, 0.15) is 25.1 Å². The first-order valence-corrected chi connectivity index (χ1v) is 7.99. The minimum Gasteiger partial charge on any atom is -0.459 e. The quantitative estimate of drug-likeness (QED) is 0.692. The van der Waals surface area contributed by atoms with Gasteiger partial charge in [0.25, 0.3) is 0 Å². The molecule has 1 unspecified atom stereocenters. The zero-order chi connectivity index (χ0) is 15.1. The molecule has 1 N–H and O–H groups in total. The Kier molecular flexibility index (Phi) is 6.70. The van der Waals surface area contributed by atoms with E-state index in [0.29, 0.717) is 13.2 Å². The lowest BCUT2D eigenvalue weighted by atomic mass is 10.2. The van der Waals surface area contributed by atoms with E-state index in [0.717, 1.165) is 40.8 Å². The molecule has 0 saturated heterocycles. The predicted octanol–water partition coefficient (Wildman–Crippen LogP) is 3.90. The van der Waals surface area contributed by atoms with Gasteiger partial charge in [-0.05, 0) is 44.2 Å². The predicted molar refractivity (Wildman–Crippen MR) is 87.6 cm³/mol. The highest BCUT2D eigenvalue weighted by Crippen LogP contribution is 2.26. The maximum absolute atomic E-state index is 5.86. The van der Waals surface area contributed by atoms with Crippen LogP contribution in [-0.2, 0) is 9.47 Å². The van der Waals surface area contributed by atoms with Gasteiger partial charge in [-0.2, -0.15) is 0 Å². The van der Waals surface area contributed by atoms with Crippen molar-refractivity contribution < 1.29 is 13.9 Å². The molecule has 0 amide bonds. The molecule has 0 aliphatic rings. The Labute approximate surface area is 133 Å². The molecule has 1 aromatic heterocycles. The van der Waals surface area contributed by atoms with E-state index < -0.39 is 0 Å². The van der Waals surface area contributed by atoms with E-state index in [1.54, 1.807) is 7.11 Å². The first-order chi connectivity index (χ1) is 10.2. The number of hydrogen-bond acceptors (Lipinski definition) is 4. The Morgan fingerprint density at radius 2 is 2.10 bits per heavy atom. The van der Waals surface area contributed by atoms with Crippen LogP contribution < -0.4 is 5.32 Å². The fourth-order valence-corrected chi connectivity index (χ4v) is 2.46. The van der Waals surface area contributed by atoms with Crippen LogP contribution in [0.4, 0.5) is 0 Å². The monoisotopic (exact) mass is 355 g/mol. The Hall–Kier alpha value is -0.880. The molecule has 2 rings (SSSR count). The zero-order valence-electron chi connectivity index (χ0n) is 12.5. The summed E-state index contributed by atoms with van der Waals surface area (Å²) in [6, 6.07) is 8.32. The number of nitrogens with one attached hydrogen (secondary N) is 1. The maximum Gasteiger partial charge on any atom is 0.134 e. The smallest absolute Gasteiger partial charge is 0.134 e. The molecular formula is C16H22BrNO3. The van der Waals surface area contributed by atoms with Crippen LogP contribution in [0.5, 0.6) is 0 Å². The van der Waals surface area contributed by atoms with Crippen molar-refractivity contribution in [3.8, 4) is 0 Å². The zero-order valence-corrected chi connectivity index (χ0v) is 14.1. The fourth-order valence-electron chi connectivity index (χ4n) is 2.09. The van der Waals surface area contributed by atoms with Gasteiger partial charge in [-0.25, -0.2) is 0 Å². The summed E-state index contributed by atoms with van der Waals surface area (Å²) in [6.45, 7) is 5.06. The van der Waals surface area contributed by atoms with Crippen molar-refractivity contribution in [3.05, 3.63) is 34.5 Å². The number of fused-ring (bicyclic) bond motifs is 1. The van der Waals surface area contributed by atoms with Crippen LogP contribution in [0.2, 0.25) is 0 Å². The van der Waals surface area contributed by atoms with Gasteiger partial charge in [0.2, 0.25) is 0 Å². The molecule has 0 fully saturated rings. The Morgan fingerprint density at radius 1 is 1.24 bits per heavy atom. The number of rotatable bonds is 9. The lowest BCUT2D eigenvalue weighted by molar-refractivity contribution is 0.0692. The largest absolute Gasteiger partial charge is 0.459 e. The van der Waals surface area contributed by atoms with E-state index in [1.165, 1.54) is 0 Å². The summed E-state index contributed by atoms with van der Waals surface area (Å²) in [7, 11) is 1.68. The second kappa shape index (κ2) is 8.54. The Bertz CT molecular complexity index is 555. The standard InChI is InChI=1S/C16H22BrNO3/c1-12(18-6-3-7-20-9-8-19-2)16-11-13-10-14(17)4-5-15(13)21-16/h4-5,10-12,18H,3,6-9H2,1-2H3. The van der Waals surface area contributed by atoms with Crippen LogP contribution in [0.15, 0.2) is 33.2 Å². The molecule has 0 radical (unpaired) electrons. The van der Waals surface area contributed by atoms with Crippen LogP contribution in [0, 0.1) is 0 Å². The van der Waals surface area contributed by atoms with E-state index in [1.807, 2.05) is 12.1 Å². The van der Waals surface area contributed by atoms with Crippen molar-refractivity contribution >= 4 is 26.9 Å². The number of methoxy groups -OCH3 is 1. The average Bonchev–Trinajstić information content (AvgIpc) is 2.89. The van der Waals surface area contributed by atoms with Crippen molar-refractivity contribution in [1.29, 1.82) is 0 Å². The highest BCUT2D eigenvalue weighted by Gasteiger charge is 2.10. The van der Waals surface area contributed by atoms with Gasteiger partial charge in [0.1, 0.15) is 11.3 Å². The van der Waals surface area contributed by atoms with E-state index in [4.69, 9.17) is 13.9 Å². The molecule has 21 heavy (non-hydrogen) atoms. The molecule has 0 aliphatic heterocycles. The van der Waals surface area contributed by atoms with Gasteiger partial charge in [-0.15, -0.1) is 0 Å². The van der Waals surface area contributed by atoms with E-state index >= 15 is 0 Å². The third-order valence-electron chi connectivity index (χ3n) is 3.27. The van der Waals surface area contributed by atoms with Crippen LogP contribution in [-0.4, -0.2) is 33.5 Å². The van der Waals surface area contributed by atoms with Crippen LogP contribution in [0.25, 0.3) is 11.0 Å². The van der Waals surface area contributed by atoms with E-state index in [9.17, 15) is 0 Å². The van der Waals surface area contributed by atoms with Gasteiger partial charge in [0.05, 0.1) is 19.3 Å². The molecule has 0 bridgehead atoms. The minimum atomic E-state index is 0.190. The summed E-state index contributed by atoms with van der Waals surface area (Å²) >= 11 is 3.48. The number of ether oxygens (including phenoxy) is 2. The third-order valence-corrected chi connectivity index (χ3v) is 3.77. The van der Waals surface area contributed by atoms with Crippen molar-refractivity contribution in [3.63, 3.8) is 0 Å². The lowest BCUT2D eigenvalue weighted by Crippen LogP contribution is -2.20. The first kappa shape index (κ1) is 16.5. The highest BCUT2D eigenvalue weighted by atomic mass is 79.9. The van der Waals surface area contributed by atoms with Gasteiger partial charge in [0, 0.05) is 23.6 Å². The van der Waals surface area contributed by atoms with E-state index in [2.05, 4.69) is 40.3 Å². The van der Waals surface area contributed by atoms with E-state index in [-0.39, 0.29) is 6.04 Å². The van der Waals surface area contributed by atoms with Gasteiger partial charge in [0.15, 0.2) is 0 Å². The molecule has 0 spiro atoms. The maximum atomic E-state index is 5.86. The molecule has 5 heteroatoms. The van der Waals surface area contributed by atoms with Gasteiger partial charge >= 0.3 is 0 Å². The second-order valence-electron chi connectivity index (χ2n) is 4.97.